The lowest BCUT2D eigenvalue weighted by molar-refractivity contribution is -0.114. The van der Waals surface area contributed by atoms with E-state index >= 15 is 0 Å². The van der Waals surface area contributed by atoms with E-state index in [1.807, 2.05) is 42.5 Å². The molecule has 3 aromatic carbocycles. The van der Waals surface area contributed by atoms with Crippen LogP contribution in [-0.4, -0.2) is 33.4 Å². The van der Waals surface area contributed by atoms with Crippen LogP contribution in [0.5, 0.6) is 17.2 Å². The second-order valence-electron chi connectivity index (χ2n) is 14.6. The second-order valence-corrected chi connectivity index (χ2v) is 14.6. The van der Waals surface area contributed by atoms with Crippen LogP contribution in [0, 0.1) is 17.8 Å². The fraction of sp³-hybridized carbons (Fsp3) is 0.391. The molecule has 1 heterocycles. The van der Waals surface area contributed by atoms with Gasteiger partial charge in [0, 0.05) is 53.8 Å². The number of fused-ring (bicyclic) bond motifs is 2. The van der Waals surface area contributed by atoms with Crippen LogP contribution in [0.15, 0.2) is 79.0 Å². The zero-order valence-electron chi connectivity index (χ0n) is 31.7. The molecule has 1 aliphatic carbocycles. The van der Waals surface area contributed by atoms with Gasteiger partial charge in [0.1, 0.15) is 5.75 Å². The monoisotopic (exact) mass is 729 g/mol. The van der Waals surface area contributed by atoms with E-state index in [2.05, 4.69) is 30.7 Å². The maximum Gasteiger partial charge on any atom is 0.165 e. The minimum Gasteiger partial charge on any atom is -0.508 e. The first-order chi connectivity index (χ1) is 26.1. The van der Waals surface area contributed by atoms with Crippen molar-refractivity contribution in [3.05, 3.63) is 124 Å². The van der Waals surface area contributed by atoms with Crippen LogP contribution in [0.4, 0.5) is 0 Å². The smallest absolute Gasteiger partial charge is 0.165 e. The Hall–Kier alpha value is -5.10. The third kappa shape index (κ3) is 11.2. The number of aromatic amines is 1. The molecule has 0 radical (unpaired) electrons. The van der Waals surface area contributed by atoms with E-state index in [1.165, 1.54) is 32.1 Å². The number of unbranched alkanes of at least 4 members (excludes halogenated alkanes) is 3. The quantitative estimate of drug-likeness (QED) is 0.0297. The predicted octanol–water partition coefficient (Wildman–Crippen LogP) is 8.72. The van der Waals surface area contributed by atoms with E-state index < -0.39 is 12.1 Å². The van der Waals surface area contributed by atoms with E-state index in [9.17, 15) is 19.8 Å². The third-order valence-electron chi connectivity index (χ3n) is 10.3. The molecule has 1 aromatic heterocycles. The average molecular weight is 730 g/mol. The Balaban J connectivity index is 1.22. The highest BCUT2D eigenvalue weighted by molar-refractivity contribution is 5.98. The molecule has 0 saturated heterocycles. The first kappa shape index (κ1) is 40.1. The number of ketones is 2. The highest BCUT2D eigenvalue weighted by Gasteiger charge is 2.27. The van der Waals surface area contributed by atoms with Crippen molar-refractivity contribution < 1.29 is 24.5 Å². The number of phenols is 2. The number of nitrogens with two attached hydrogens (primary N) is 2. The first-order valence-electron chi connectivity index (χ1n) is 19.4. The lowest BCUT2D eigenvalue weighted by Crippen LogP contribution is -2.20. The largest absolute Gasteiger partial charge is 0.508 e. The number of aromatic hydroxyl groups is 2. The van der Waals surface area contributed by atoms with Gasteiger partial charge in [-0.25, -0.2) is 0 Å². The van der Waals surface area contributed by atoms with Crippen molar-refractivity contribution >= 4 is 11.6 Å². The molecule has 0 bridgehead atoms. The Morgan fingerprint density at radius 3 is 2.54 bits per heavy atom. The van der Waals surface area contributed by atoms with Gasteiger partial charge in [0.15, 0.2) is 23.1 Å². The molecule has 2 unspecified atom stereocenters. The van der Waals surface area contributed by atoms with E-state index in [4.69, 9.17) is 16.2 Å². The number of Topliss-reactive ketones (excluding diaryl/α,β-unsaturated/α-hetero) is 1. The lowest BCUT2D eigenvalue weighted by atomic mass is 9.81. The molecule has 8 heteroatoms. The highest BCUT2D eigenvalue weighted by atomic mass is 16.5. The molecule has 2 atom stereocenters. The first-order valence-corrected chi connectivity index (χ1v) is 19.4. The summed E-state index contributed by atoms with van der Waals surface area (Å²) < 4.78 is 6.04. The Morgan fingerprint density at radius 1 is 0.963 bits per heavy atom. The predicted molar refractivity (Wildman–Crippen MR) is 215 cm³/mol. The van der Waals surface area contributed by atoms with Gasteiger partial charge in [0.2, 0.25) is 0 Å². The molecule has 5 rings (SSSR count). The number of nitrogens with one attached hydrogen (secondary N) is 1. The van der Waals surface area contributed by atoms with Crippen LogP contribution >= 0.6 is 0 Å². The number of carbonyl (C=O) groups is 2. The molecular weight excluding hydrogens is 675 g/mol. The molecular formula is C46H55N3O5. The maximum atomic E-state index is 13.7. The van der Waals surface area contributed by atoms with Gasteiger partial charge in [-0.05, 0) is 83.8 Å². The van der Waals surface area contributed by atoms with Gasteiger partial charge < -0.3 is 31.4 Å². The fourth-order valence-electron chi connectivity index (χ4n) is 7.10. The highest BCUT2D eigenvalue weighted by Crippen LogP contribution is 2.38. The van der Waals surface area contributed by atoms with Crippen molar-refractivity contribution in [2.24, 2.45) is 17.4 Å². The number of ether oxygens (including phenoxy) is 1. The van der Waals surface area contributed by atoms with Crippen LogP contribution in [0.1, 0.15) is 133 Å². The Labute approximate surface area is 320 Å². The molecule has 0 aliphatic heterocycles. The van der Waals surface area contributed by atoms with Crippen molar-refractivity contribution in [3.63, 3.8) is 0 Å². The van der Waals surface area contributed by atoms with Gasteiger partial charge >= 0.3 is 0 Å². The van der Waals surface area contributed by atoms with Gasteiger partial charge in [-0.3, -0.25) is 9.59 Å². The van der Waals surface area contributed by atoms with Crippen LogP contribution < -0.4 is 16.2 Å². The Bertz CT molecular complexity index is 1980. The standard InChI is InChI=1S/C46H55N3O5/c1-3-4-6-10-31(2)11-7-5-8-13-36(50)19-15-32-17-22-43(52)45(28-32)54-26-24-33-16-21-42(51)40(27-33)39-30-44(53)38-23-25-49-41(38)14-9-12-34-29-35(46(47)48)18-20-37(34)39/h8,13,16-18,20-23,25,27-29,31,39,46,49,51-52H,3-7,10-11,14-15,19,24,26,30,47-48H2,1-2H3. The summed E-state index contributed by atoms with van der Waals surface area (Å²) in [5, 5.41) is 21.7. The number of aryl methyl sites for hydroxylation is 1. The minimum atomic E-state index is -0.683. The molecule has 284 valence electrons. The fourth-order valence-corrected chi connectivity index (χ4v) is 7.10. The number of aromatic nitrogens is 1. The van der Waals surface area contributed by atoms with Crippen LogP contribution in [0.3, 0.4) is 0 Å². The van der Waals surface area contributed by atoms with E-state index in [0.29, 0.717) is 48.1 Å². The number of phenolic OH excluding ortho intramolecular Hbond substituents is 2. The normalized spacial score (nSPS) is 14.7. The molecule has 0 amide bonds. The van der Waals surface area contributed by atoms with E-state index in [-0.39, 0.29) is 36.1 Å². The van der Waals surface area contributed by atoms with Crippen molar-refractivity contribution in [2.75, 3.05) is 6.61 Å². The Morgan fingerprint density at radius 2 is 1.74 bits per heavy atom. The molecule has 0 saturated carbocycles. The van der Waals surface area contributed by atoms with Crippen molar-refractivity contribution in [1.29, 1.82) is 0 Å². The van der Waals surface area contributed by atoms with Crippen molar-refractivity contribution in [3.8, 4) is 29.1 Å². The molecule has 0 fully saturated rings. The number of hydrogen-bond donors (Lipinski definition) is 5. The molecule has 1 aliphatic rings. The van der Waals surface area contributed by atoms with Gasteiger partial charge in [0.25, 0.3) is 0 Å². The molecule has 8 nitrogen and oxygen atoms in total. The summed E-state index contributed by atoms with van der Waals surface area (Å²) in [5.74, 6) is 7.19. The van der Waals surface area contributed by atoms with E-state index in [0.717, 1.165) is 46.7 Å². The third-order valence-corrected chi connectivity index (χ3v) is 10.3. The summed E-state index contributed by atoms with van der Waals surface area (Å²) in [6.07, 6.45) is 15.1. The maximum absolute atomic E-state index is 13.7. The summed E-state index contributed by atoms with van der Waals surface area (Å²) in [6, 6.07) is 18.0. The molecule has 4 aromatic rings. The molecule has 54 heavy (non-hydrogen) atoms. The number of carbonyl (C=O) groups excluding carboxylic acids is 2. The van der Waals surface area contributed by atoms with Crippen molar-refractivity contribution in [1.82, 2.24) is 4.98 Å². The van der Waals surface area contributed by atoms with E-state index in [1.54, 1.807) is 36.5 Å². The van der Waals surface area contributed by atoms with Gasteiger partial charge in [-0.15, -0.1) is 0 Å². The summed E-state index contributed by atoms with van der Waals surface area (Å²) in [6.45, 7) is 4.81. The summed E-state index contributed by atoms with van der Waals surface area (Å²) >= 11 is 0. The number of H-pyrrole nitrogens is 1. The number of rotatable bonds is 18. The minimum absolute atomic E-state index is 0.0266. The lowest BCUT2D eigenvalue weighted by Gasteiger charge is -2.22. The zero-order valence-corrected chi connectivity index (χ0v) is 31.7. The van der Waals surface area contributed by atoms with Gasteiger partial charge in [-0.2, -0.15) is 0 Å². The van der Waals surface area contributed by atoms with Crippen LogP contribution in [0.2, 0.25) is 0 Å². The Kier molecular flexibility index (Phi) is 14.7. The van der Waals surface area contributed by atoms with Crippen LogP contribution in [0.25, 0.3) is 0 Å². The number of allylic oxidation sites excluding steroid dienone is 2. The zero-order chi connectivity index (χ0) is 38.5. The summed E-state index contributed by atoms with van der Waals surface area (Å²) in [7, 11) is 0. The summed E-state index contributed by atoms with van der Waals surface area (Å²) in [4.78, 5) is 29.4. The SMILES string of the molecule is CCCCCC(C)CCCC=CC(=O)CCc1ccc(O)c(OCCc2ccc(O)c(C3CC(=O)c4cc[nH]c4CC#Cc4cc(C(N)N)ccc43)c2)c1. The topological polar surface area (TPSA) is 152 Å². The number of hydrogen-bond acceptors (Lipinski definition) is 7. The average Bonchev–Trinajstić information content (AvgIpc) is 3.63. The van der Waals surface area contributed by atoms with Gasteiger partial charge in [0.05, 0.1) is 19.2 Å². The van der Waals surface area contributed by atoms with Crippen LogP contribution in [-0.2, 0) is 24.1 Å². The van der Waals surface area contributed by atoms with Crippen molar-refractivity contribution in [2.45, 2.75) is 103 Å². The second kappa shape index (κ2) is 19.8. The molecule has 0 spiro atoms. The molecule has 7 N–H and O–H groups in total. The number of benzene rings is 3. The summed E-state index contributed by atoms with van der Waals surface area (Å²) in [5.41, 5.74) is 18.0. The van der Waals surface area contributed by atoms with Gasteiger partial charge in [-0.1, -0.05) is 94.2 Å².